The van der Waals surface area contributed by atoms with E-state index in [0.29, 0.717) is 18.0 Å². The van der Waals surface area contributed by atoms with Crippen LogP contribution >= 0.6 is 11.3 Å². The Balaban J connectivity index is 1.59. The molecule has 7 heteroatoms. The zero-order chi connectivity index (χ0) is 17.9. The Morgan fingerprint density at radius 3 is 2.77 bits per heavy atom. The summed E-state index contributed by atoms with van der Waals surface area (Å²) in [6, 6.07) is 13.8. The van der Waals surface area contributed by atoms with Crippen molar-refractivity contribution in [2.24, 2.45) is 0 Å². The van der Waals surface area contributed by atoms with Gasteiger partial charge in [0.05, 0.1) is 5.69 Å². The summed E-state index contributed by atoms with van der Waals surface area (Å²) in [5.41, 5.74) is 3.51. The maximum atomic E-state index is 12.3. The molecule has 4 rings (SSSR count). The lowest BCUT2D eigenvalue weighted by molar-refractivity contribution is -0.116. The largest absolute Gasteiger partial charge is 0.302 e. The average molecular weight is 363 g/mol. The maximum Gasteiger partial charge on any atom is 0.226 e. The third kappa shape index (κ3) is 3.34. The fraction of sp³-hybridized carbons (Fsp3) is 0.158. The first kappa shape index (κ1) is 16.4. The molecule has 6 nitrogen and oxygen atoms in total. The number of nitrogens with zero attached hydrogens (tertiary/aromatic N) is 4. The third-order valence-electron chi connectivity index (χ3n) is 3.94. The molecule has 0 bridgehead atoms. The van der Waals surface area contributed by atoms with E-state index in [1.54, 1.807) is 6.20 Å². The van der Waals surface area contributed by atoms with Crippen LogP contribution in [0.1, 0.15) is 17.9 Å². The zero-order valence-electron chi connectivity index (χ0n) is 14.2. The molecule has 1 amide bonds. The normalized spacial score (nSPS) is 11.0. The topological polar surface area (TPSA) is 72.7 Å². The number of fused-ring (bicyclic) bond motifs is 1. The van der Waals surface area contributed by atoms with Crippen LogP contribution < -0.4 is 5.32 Å². The minimum Gasteiger partial charge on any atom is -0.302 e. The van der Waals surface area contributed by atoms with Crippen LogP contribution in [0.25, 0.3) is 16.9 Å². The first-order chi connectivity index (χ1) is 12.7. The highest BCUT2D eigenvalue weighted by Crippen LogP contribution is 2.21. The summed E-state index contributed by atoms with van der Waals surface area (Å²) >= 11 is 1.43. The quantitative estimate of drug-likeness (QED) is 0.586. The molecule has 4 aromatic rings. The molecule has 0 aliphatic rings. The molecular formula is C19H17N5OS. The van der Waals surface area contributed by atoms with Gasteiger partial charge in [0.15, 0.2) is 10.8 Å². The summed E-state index contributed by atoms with van der Waals surface area (Å²) in [6.45, 7) is 1.90. The number of pyridine rings is 1. The van der Waals surface area contributed by atoms with E-state index in [2.05, 4.69) is 20.3 Å². The van der Waals surface area contributed by atoms with Gasteiger partial charge in [-0.2, -0.15) is 0 Å². The van der Waals surface area contributed by atoms with E-state index in [9.17, 15) is 4.79 Å². The highest BCUT2D eigenvalue weighted by molar-refractivity contribution is 7.13. The van der Waals surface area contributed by atoms with Crippen LogP contribution in [0.2, 0.25) is 0 Å². The lowest BCUT2D eigenvalue weighted by Gasteiger charge is -2.08. The standard InChI is InChI=1S/C19H17N5OS/c1-13-12-26-19(21-13)23-17(25)10-9-16-22-15-8-5-11-20-18(15)24(16)14-6-3-2-4-7-14/h2-8,11-12H,9-10H2,1H3,(H,21,23,25). The first-order valence-electron chi connectivity index (χ1n) is 8.30. The first-order valence-corrected chi connectivity index (χ1v) is 9.18. The van der Waals surface area contributed by atoms with E-state index in [1.165, 1.54) is 11.3 Å². The van der Waals surface area contributed by atoms with Gasteiger partial charge in [0.1, 0.15) is 11.3 Å². The molecule has 0 unspecified atom stereocenters. The molecule has 1 N–H and O–H groups in total. The van der Waals surface area contributed by atoms with Gasteiger partial charge in [-0.05, 0) is 31.2 Å². The van der Waals surface area contributed by atoms with Crippen LogP contribution in [0.4, 0.5) is 5.13 Å². The summed E-state index contributed by atoms with van der Waals surface area (Å²) in [6.07, 6.45) is 2.60. The van der Waals surface area contributed by atoms with Gasteiger partial charge in [-0.1, -0.05) is 18.2 Å². The summed E-state index contributed by atoms with van der Waals surface area (Å²) in [4.78, 5) is 25.7. The Morgan fingerprint density at radius 1 is 1.15 bits per heavy atom. The molecule has 26 heavy (non-hydrogen) atoms. The highest BCUT2D eigenvalue weighted by atomic mass is 32.1. The van der Waals surface area contributed by atoms with Gasteiger partial charge in [0.25, 0.3) is 0 Å². The Kier molecular flexibility index (Phi) is 4.45. The number of hydrogen-bond acceptors (Lipinski definition) is 5. The summed E-state index contributed by atoms with van der Waals surface area (Å²) in [5.74, 6) is 0.745. The van der Waals surface area contributed by atoms with Crippen LogP contribution in [0.5, 0.6) is 0 Å². The fourth-order valence-electron chi connectivity index (χ4n) is 2.79. The van der Waals surface area contributed by atoms with Gasteiger partial charge in [0.2, 0.25) is 5.91 Å². The predicted molar refractivity (Wildman–Crippen MR) is 103 cm³/mol. The number of para-hydroxylation sites is 1. The lowest BCUT2D eigenvalue weighted by Crippen LogP contribution is -2.13. The van der Waals surface area contributed by atoms with Gasteiger partial charge < -0.3 is 5.32 Å². The van der Waals surface area contributed by atoms with Crippen LogP contribution in [0, 0.1) is 6.92 Å². The Morgan fingerprint density at radius 2 is 2.00 bits per heavy atom. The van der Waals surface area contributed by atoms with Crippen LogP contribution in [0.3, 0.4) is 0 Å². The molecule has 3 aromatic heterocycles. The predicted octanol–water partition coefficient (Wildman–Crippen LogP) is 3.76. The average Bonchev–Trinajstić information content (AvgIpc) is 3.23. The molecule has 0 radical (unpaired) electrons. The number of carbonyl (C=O) groups is 1. The van der Waals surface area contributed by atoms with Crippen molar-refractivity contribution >= 4 is 33.5 Å². The van der Waals surface area contributed by atoms with Crippen LogP contribution in [-0.4, -0.2) is 25.4 Å². The van der Waals surface area contributed by atoms with E-state index >= 15 is 0 Å². The highest BCUT2D eigenvalue weighted by Gasteiger charge is 2.15. The SMILES string of the molecule is Cc1csc(NC(=O)CCc2nc3cccnc3n2-c2ccccc2)n1. The summed E-state index contributed by atoms with van der Waals surface area (Å²) in [5, 5.41) is 5.38. The molecule has 0 aliphatic heterocycles. The van der Waals surface area contributed by atoms with Gasteiger partial charge >= 0.3 is 0 Å². The Hall–Kier alpha value is -3.06. The van der Waals surface area contributed by atoms with Crippen molar-refractivity contribution in [3.8, 4) is 5.69 Å². The van der Waals surface area contributed by atoms with Gasteiger partial charge in [-0.25, -0.2) is 15.0 Å². The molecular weight excluding hydrogens is 346 g/mol. The van der Waals surface area contributed by atoms with Crippen molar-refractivity contribution in [3.63, 3.8) is 0 Å². The lowest BCUT2D eigenvalue weighted by atomic mass is 10.2. The van der Waals surface area contributed by atoms with Crippen molar-refractivity contribution in [1.82, 2.24) is 19.5 Å². The number of benzene rings is 1. The number of imidazole rings is 1. The number of hydrogen-bond donors (Lipinski definition) is 1. The number of thiazole rings is 1. The Bertz CT molecular complexity index is 1050. The van der Waals surface area contributed by atoms with Crippen molar-refractivity contribution < 1.29 is 4.79 Å². The molecule has 0 saturated carbocycles. The molecule has 0 spiro atoms. The molecule has 0 fully saturated rings. The number of anilines is 1. The number of rotatable bonds is 5. The summed E-state index contributed by atoms with van der Waals surface area (Å²) in [7, 11) is 0. The Labute approximate surface area is 154 Å². The molecule has 0 atom stereocenters. The van der Waals surface area contributed by atoms with Gasteiger partial charge in [-0.3, -0.25) is 9.36 Å². The number of carbonyl (C=O) groups excluding carboxylic acids is 1. The second-order valence-electron chi connectivity index (χ2n) is 5.89. The molecule has 0 saturated heterocycles. The van der Waals surface area contributed by atoms with Crippen LogP contribution in [-0.2, 0) is 11.2 Å². The van der Waals surface area contributed by atoms with Crippen molar-refractivity contribution in [3.05, 3.63) is 65.6 Å². The van der Waals surface area contributed by atoms with Crippen molar-refractivity contribution in [2.75, 3.05) is 5.32 Å². The fourth-order valence-corrected chi connectivity index (χ4v) is 3.50. The number of aryl methyl sites for hydroxylation is 2. The molecule has 0 aliphatic carbocycles. The minimum atomic E-state index is -0.0704. The van der Waals surface area contributed by atoms with E-state index in [-0.39, 0.29) is 5.91 Å². The number of nitrogens with one attached hydrogen (secondary N) is 1. The van der Waals surface area contributed by atoms with E-state index < -0.39 is 0 Å². The monoisotopic (exact) mass is 363 g/mol. The third-order valence-corrected chi connectivity index (χ3v) is 4.82. The molecule has 3 heterocycles. The summed E-state index contributed by atoms with van der Waals surface area (Å²) < 4.78 is 2.01. The van der Waals surface area contributed by atoms with Gasteiger partial charge in [-0.15, -0.1) is 11.3 Å². The smallest absolute Gasteiger partial charge is 0.226 e. The second-order valence-corrected chi connectivity index (χ2v) is 6.75. The second kappa shape index (κ2) is 7.05. The minimum absolute atomic E-state index is 0.0704. The maximum absolute atomic E-state index is 12.3. The van der Waals surface area contributed by atoms with Crippen molar-refractivity contribution in [2.45, 2.75) is 19.8 Å². The zero-order valence-corrected chi connectivity index (χ0v) is 15.0. The van der Waals surface area contributed by atoms with E-state index in [4.69, 9.17) is 0 Å². The number of amides is 1. The van der Waals surface area contributed by atoms with E-state index in [0.717, 1.165) is 28.4 Å². The van der Waals surface area contributed by atoms with E-state index in [1.807, 2.05) is 59.3 Å². The van der Waals surface area contributed by atoms with Crippen LogP contribution in [0.15, 0.2) is 54.0 Å². The molecule has 1 aromatic carbocycles. The van der Waals surface area contributed by atoms with Crippen molar-refractivity contribution in [1.29, 1.82) is 0 Å². The molecule has 130 valence electrons. The van der Waals surface area contributed by atoms with Gasteiger partial charge in [0, 0.05) is 30.1 Å². The number of aromatic nitrogens is 4.